The van der Waals surface area contributed by atoms with Gasteiger partial charge in [-0.1, -0.05) is 78.1 Å². The first-order valence-electron chi connectivity index (χ1n) is 13.0. The van der Waals surface area contributed by atoms with E-state index in [0.717, 1.165) is 6.07 Å². The van der Waals surface area contributed by atoms with Gasteiger partial charge in [0.1, 0.15) is 17.0 Å². The van der Waals surface area contributed by atoms with Gasteiger partial charge in [0.2, 0.25) is 0 Å². The summed E-state index contributed by atoms with van der Waals surface area (Å²) in [5.74, 6) is -2.90. The van der Waals surface area contributed by atoms with Crippen molar-refractivity contribution in [2.75, 3.05) is 10.6 Å². The normalized spacial score (nSPS) is 21.9. The number of ketones is 1. The number of nitriles is 1. The maximum Gasteiger partial charge on any atom is 0.413 e. The number of amides is 1. The number of ether oxygens (including phenoxy) is 1. The highest BCUT2D eigenvalue weighted by Gasteiger charge is 2.61. The average Bonchev–Trinajstić information content (AvgIpc) is 3.21. The van der Waals surface area contributed by atoms with Crippen LogP contribution in [0.2, 0.25) is 10.0 Å². The number of nitrogens with zero attached hydrogens (tertiary/aromatic N) is 1. The fourth-order valence-corrected chi connectivity index (χ4v) is 6.12. The second-order valence-corrected chi connectivity index (χ2v) is 12.7. The second kappa shape index (κ2) is 12.7. The summed E-state index contributed by atoms with van der Waals surface area (Å²) < 4.78 is 37.2. The highest BCUT2D eigenvalue weighted by Crippen LogP contribution is 2.53. The van der Waals surface area contributed by atoms with Crippen molar-refractivity contribution in [1.29, 1.82) is 5.26 Å². The van der Waals surface area contributed by atoms with Crippen LogP contribution in [0.25, 0.3) is 0 Å². The Bertz CT molecular complexity index is 1540. The summed E-state index contributed by atoms with van der Waals surface area (Å²) in [7, 11) is 0. The van der Waals surface area contributed by atoms with Gasteiger partial charge >= 0.3 is 6.09 Å². The number of hydrogen-bond donors (Lipinski definition) is 2. The molecule has 0 aromatic heterocycles. The fraction of sp³-hybridized carbons (Fsp3) is 0.323. The summed E-state index contributed by atoms with van der Waals surface area (Å²) in [4.78, 5) is 25.1. The van der Waals surface area contributed by atoms with Gasteiger partial charge in [-0.15, -0.1) is 0 Å². The third-order valence-corrected chi connectivity index (χ3v) is 8.25. The van der Waals surface area contributed by atoms with Crippen LogP contribution in [-0.4, -0.2) is 29.5 Å². The molecule has 220 valence electrons. The SMILES string of the molecule is CC(C)(C)C[C@@H]1N[C@H](OC(=O)Nc2ccc(C(=O)CBr)cc2)[C@H](c2cccc(Cl)c2F)[C@@]1(C#N)c1ccc(Cl)cc1F. The predicted octanol–water partition coefficient (Wildman–Crippen LogP) is 8.38. The molecule has 1 saturated heterocycles. The van der Waals surface area contributed by atoms with Crippen molar-refractivity contribution in [1.82, 2.24) is 5.32 Å². The number of alkyl halides is 1. The van der Waals surface area contributed by atoms with Crippen molar-refractivity contribution in [2.45, 2.75) is 50.8 Å². The van der Waals surface area contributed by atoms with Gasteiger partial charge in [-0.2, -0.15) is 5.26 Å². The Hall–Kier alpha value is -3.03. The predicted molar refractivity (Wildman–Crippen MR) is 162 cm³/mol. The van der Waals surface area contributed by atoms with E-state index in [-0.39, 0.29) is 37.7 Å². The lowest BCUT2D eigenvalue weighted by Crippen LogP contribution is -2.44. The Balaban J connectivity index is 1.81. The molecular weight excluding hydrogens is 651 g/mol. The van der Waals surface area contributed by atoms with Crippen LogP contribution in [-0.2, 0) is 10.2 Å². The van der Waals surface area contributed by atoms with Crippen molar-refractivity contribution in [3.8, 4) is 6.07 Å². The first-order valence-corrected chi connectivity index (χ1v) is 14.9. The zero-order chi connectivity index (χ0) is 30.8. The average molecular weight is 679 g/mol. The van der Waals surface area contributed by atoms with Crippen LogP contribution in [0, 0.1) is 28.4 Å². The van der Waals surface area contributed by atoms with Crippen LogP contribution >= 0.6 is 39.1 Å². The Morgan fingerprint density at radius 1 is 1.12 bits per heavy atom. The number of benzene rings is 3. The topological polar surface area (TPSA) is 91.2 Å². The van der Waals surface area contributed by atoms with Crippen molar-refractivity contribution in [2.24, 2.45) is 5.41 Å². The van der Waals surface area contributed by atoms with Crippen LogP contribution < -0.4 is 10.6 Å². The first kappa shape index (κ1) is 31.9. The third-order valence-electron chi connectivity index (χ3n) is 7.21. The Kier molecular flexibility index (Phi) is 9.63. The van der Waals surface area contributed by atoms with Gasteiger partial charge in [-0.05, 0) is 59.9 Å². The van der Waals surface area contributed by atoms with Gasteiger partial charge in [0.15, 0.2) is 12.0 Å². The number of nitrogens with one attached hydrogen (secondary N) is 2. The number of anilines is 1. The molecule has 0 bridgehead atoms. The largest absolute Gasteiger partial charge is 0.429 e. The van der Waals surface area contributed by atoms with E-state index in [0.29, 0.717) is 17.7 Å². The molecule has 1 heterocycles. The molecule has 11 heteroatoms. The minimum Gasteiger partial charge on any atom is -0.429 e. The van der Waals surface area contributed by atoms with Crippen LogP contribution in [0.3, 0.4) is 0 Å². The molecule has 0 unspecified atom stereocenters. The molecule has 1 amide bonds. The molecule has 1 aliphatic heterocycles. The van der Waals surface area contributed by atoms with Crippen molar-refractivity contribution < 1.29 is 23.1 Å². The van der Waals surface area contributed by atoms with E-state index in [9.17, 15) is 14.9 Å². The molecule has 0 aliphatic carbocycles. The lowest BCUT2D eigenvalue weighted by molar-refractivity contribution is 0.0851. The third kappa shape index (κ3) is 6.47. The highest BCUT2D eigenvalue weighted by molar-refractivity contribution is 9.09. The molecule has 3 aromatic carbocycles. The van der Waals surface area contributed by atoms with Crippen molar-refractivity contribution in [3.63, 3.8) is 0 Å². The number of hydrogen-bond acceptors (Lipinski definition) is 5. The number of Topliss-reactive ketones (excluding diaryl/α,β-unsaturated/α-hetero) is 1. The molecule has 2 N–H and O–H groups in total. The first-order chi connectivity index (χ1) is 19.8. The van der Waals surface area contributed by atoms with Gasteiger partial charge in [0, 0.05) is 27.9 Å². The van der Waals surface area contributed by atoms with Crippen molar-refractivity contribution >= 4 is 56.7 Å². The summed E-state index contributed by atoms with van der Waals surface area (Å²) >= 11 is 15.3. The summed E-state index contributed by atoms with van der Waals surface area (Å²) in [5.41, 5.74) is -1.34. The number of carbonyl (C=O) groups is 2. The van der Waals surface area contributed by atoms with Crippen LogP contribution in [0.5, 0.6) is 0 Å². The zero-order valence-electron chi connectivity index (χ0n) is 23.0. The number of carbonyl (C=O) groups excluding carboxylic acids is 2. The Morgan fingerprint density at radius 2 is 1.81 bits per heavy atom. The second-order valence-electron chi connectivity index (χ2n) is 11.3. The minimum absolute atomic E-state index is 0.0147. The molecular formula is C31H28BrCl2F2N3O3. The maximum atomic E-state index is 15.7. The summed E-state index contributed by atoms with van der Waals surface area (Å²) in [5, 5.41) is 16.8. The van der Waals surface area contributed by atoms with E-state index in [1.54, 1.807) is 24.3 Å². The summed E-state index contributed by atoms with van der Waals surface area (Å²) in [6.45, 7) is 5.86. The van der Waals surface area contributed by atoms with Crippen LogP contribution in [0.4, 0.5) is 19.3 Å². The molecule has 6 nitrogen and oxygen atoms in total. The molecule has 1 aliphatic rings. The van der Waals surface area contributed by atoms with Gasteiger partial charge in [-0.25, -0.2) is 13.6 Å². The number of rotatable bonds is 7. The molecule has 4 atom stereocenters. The molecule has 0 saturated carbocycles. The van der Waals surface area contributed by atoms with Crippen molar-refractivity contribution in [3.05, 3.63) is 99.0 Å². The monoisotopic (exact) mass is 677 g/mol. The van der Waals surface area contributed by atoms with E-state index in [4.69, 9.17) is 27.9 Å². The Labute approximate surface area is 261 Å². The van der Waals surface area contributed by atoms with E-state index >= 15 is 8.78 Å². The minimum atomic E-state index is -1.74. The van der Waals surface area contributed by atoms with Gasteiger partial charge in [-0.3, -0.25) is 15.4 Å². The quantitative estimate of drug-likeness (QED) is 0.194. The van der Waals surface area contributed by atoms with E-state index in [1.165, 1.54) is 30.3 Å². The van der Waals surface area contributed by atoms with E-state index < -0.39 is 41.3 Å². The molecule has 0 radical (unpaired) electrons. The van der Waals surface area contributed by atoms with Crippen LogP contribution in [0.1, 0.15) is 54.6 Å². The zero-order valence-corrected chi connectivity index (χ0v) is 26.1. The molecule has 4 rings (SSSR count). The Morgan fingerprint density at radius 3 is 2.40 bits per heavy atom. The standard InChI is InChI=1S/C31H28BrCl2F2N3O3/c1-30(2,3)14-25-31(16-37,21-12-9-18(33)13-23(21)35)26(20-5-4-6-22(34)27(20)36)28(39-25)42-29(41)38-19-10-7-17(8-11-19)24(40)15-32/h4-13,25-26,28,39H,14-15H2,1-3H3,(H,38,41)/t25-,26-,28+,31-/m0/s1. The maximum absolute atomic E-state index is 15.7. The molecule has 3 aromatic rings. The highest BCUT2D eigenvalue weighted by atomic mass is 79.9. The molecule has 1 fully saturated rings. The number of halogens is 5. The fourth-order valence-electron chi connectivity index (χ4n) is 5.45. The summed E-state index contributed by atoms with van der Waals surface area (Å²) in [6, 6.07) is 16.0. The lowest BCUT2D eigenvalue weighted by atomic mass is 9.63. The van der Waals surface area contributed by atoms with Crippen LogP contribution in [0.15, 0.2) is 60.7 Å². The lowest BCUT2D eigenvalue weighted by Gasteiger charge is -2.37. The van der Waals surface area contributed by atoms with E-state index in [2.05, 4.69) is 32.6 Å². The van der Waals surface area contributed by atoms with E-state index in [1.807, 2.05) is 20.8 Å². The van der Waals surface area contributed by atoms with Gasteiger partial charge < -0.3 is 4.74 Å². The summed E-state index contributed by atoms with van der Waals surface area (Å²) in [6.07, 6.45) is -1.83. The molecule has 42 heavy (non-hydrogen) atoms. The van der Waals surface area contributed by atoms with Gasteiger partial charge in [0.05, 0.1) is 22.3 Å². The van der Waals surface area contributed by atoms with Gasteiger partial charge in [0.25, 0.3) is 0 Å². The smallest absolute Gasteiger partial charge is 0.413 e. The molecule has 0 spiro atoms.